The highest BCUT2D eigenvalue weighted by molar-refractivity contribution is 7.90. The topological polar surface area (TPSA) is 116 Å². The summed E-state index contributed by atoms with van der Waals surface area (Å²) in [6, 6.07) is 12.1. The second-order valence-corrected chi connectivity index (χ2v) is 9.27. The Bertz CT molecular complexity index is 1220. The molecule has 32 heavy (non-hydrogen) atoms. The van der Waals surface area contributed by atoms with Crippen molar-refractivity contribution in [3.8, 4) is 0 Å². The molecule has 0 aromatic heterocycles. The summed E-state index contributed by atoms with van der Waals surface area (Å²) in [4.78, 5) is 39.5. The molecule has 0 saturated carbocycles. The molecule has 9 nitrogen and oxygen atoms in total. The zero-order chi connectivity index (χ0) is 22.9. The predicted octanol–water partition coefficient (Wildman–Crippen LogP) is 2.41. The van der Waals surface area contributed by atoms with Crippen molar-refractivity contribution in [2.24, 2.45) is 4.40 Å². The molecule has 2 aromatic rings. The fourth-order valence-electron chi connectivity index (χ4n) is 3.69. The van der Waals surface area contributed by atoms with E-state index in [2.05, 4.69) is 9.71 Å². The van der Waals surface area contributed by atoms with Crippen LogP contribution in [-0.2, 0) is 19.6 Å². The van der Waals surface area contributed by atoms with Gasteiger partial charge in [-0.3, -0.25) is 19.3 Å². The van der Waals surface area contributed by atoms with E-state index in [0.717, 1.165) is 17.9 Å². The zero-order valence-corrected chi connectivity index (χ0v) is 18.3. The Morgan fingerprint density at radius 1 is 1.00 bits per heavy atom. The highest BCUT2D eigenvalue weighted by atomic mass is 32.2. The molecule has 2 aromatic carbocycles. The maximum atomic E-state index is 12.7. The van der Waals surface area contributed by atoms with E-state index in [1.165, 1.54) is 24.3 Å². The first-order valence-corrected chi connectivity index (χ1v) is 11.6. The molecule has 0 bridgehead atoms. The molecule has 166 valence electrons. The van der Waals surface area contributed by atoms with Crippen LogP contribution in [0.1, 0.15) is 36.0 Å². The normalized spacial score (nSPS) is 18.0. The monoisotopic (exact) mass is 454 g/mol. The molecule has 0 spiro atoms. The number of amides is 3. The third-order valence-corrected chi connectivity index (χ3v) is 6.67. The molecule has 0 atom stereocenters. The standard InChI is InChI=1S/C22H22N4O5S/c1-25-12-4-9-19(25)24-32(30,31)18-8-3-6-16(14-18)23-22(29)15-5-2-7-17(13-15)26-20(27)10-11-21(26)28/h2-3,5-8,13-14H,4,9-12H2,1H3,(H,23,29)/b24-19+. The van der Waals surface area contributed by atoms with E-state index in [1.54, 1.807) is 31.3 Å². The number of benzene rings is 2. The average Bonchev–Trinajstić information content (AvgIpc) is 3.32. The van der Waals surface area contributed by atoms with Gasteiger partial charge in [0.1, 0.15) is 5.84 Å². The number of imide groups is 1. The molecule has 2 aliphatic rings. The summed E-state index contributed by atoms with van der Waals surface area (Å²) in [5, 5.41) is 2.66. The molecule has 2 aliphatic heterocycles. The number of sulfonamides is 1. The third-order valence-electron chi connectivity index (χ3n) is 5.37. The summed E-state index contributed by atoms with van der Waals surface area (Å²) in [7, 11) is -2.12. The zero-order valence-electron chi connectivity index (χ0n) is 17.4. The highest BCUT2D eigenvalue weighted by Crippen LogP contribution is 2.24. The molecule has 2 heterocycles. The Balaban J connectivity index is 1.54. The number of carbonyl (C=O) groups is 3. The first-order valence-electron chi connectivity index (χ1n) is 10.2. The molecular formula is C22H22N4O5S. The van der Waals surface area contributed by atoms with E-state index in [-0.39, 0.29) is 40.8 Å². The van der Waals surface area contributed by atoms with Gasteiger partial charge in [-0.25, -0.2) is 0 Å². The summed E-state index contributed by atoms with van der Waals surface area (Å²) in [5.74, 6) is -0.593. The largest absolute Gasteiger partial charge is 0.362 e. The van der Waals surface area contributed by atoms with Crippen molar-refractivity contribution < 1.29 is 22.8 Å². The molecular weight excluding hydrogens is 432 g/mol. The fourth-order valence-corrected chi connectivity index (χ4v) is 4.83. The number of nitrogens with one attached hydrogen (secondary N) is 1. The molecule has 2 fully saturated rings. The van der Waals surface area contributed by atoms with Crippen LogP contribution in [0.4, 0.5) is 11.4 Å². The van der Waals surface area contributed by atoms with Gasteiger partial charge in [0.05, 0.1) is 10.6 Å². The number of nitrogens with zero attached hydrogens (tertiary/aromatic N) is 3. The van der Waals surface area contributed by atoms with Crippen LogP contribution in [0, 0.1) is 0 Å². The lowest BCUT2D eigenvalue weighted by Crippen LogP contribution is -2.28. The maximum absolute atomic E-state index is 12.7. The van der Waals surface area contributed by atoms with Crippen molar-refractivity contribution in [2.75, 3.05) is 23.8 Å². The van der Waals surface area contributed by atoms with Crippen molar-refractivity contribution in [3.05, 3.63) is 54.1 Å². The summed E-state index contributed by atoms with van der Waals surface area (Å²) >= 11 is 0. The van der Waals surface area contributed by atoms with Gasteiger partial charge in [-0.05, 0) is 42.8 Å². The second kappa shape index (κ2) is 8.54. The number of likely N-dealkylation sites (tertiary alicyclic amines) is 1. The lowest BCUT2D eigenvalue weighted by Gasteiger charge is -2.15. The minimum absolute atomic E-state index is 0.0230. The molecule has 0 aliphatic carbocycles. The molecule has 10 heteroatoms. The molecule has 1 N–H and O–H groups in total. The van der Waals surface area contributed by atoms with Gasteiger partial charge < -0.3 is 10.2 Å². The summed E-state index contributed by atoms with van der Waals surface area (Å²) < 4.78 is 29.3. The number of anilines is 2. The fraction of sp³-hybridized carbons (Fsp3) is 0.273. The van der Waals surface area contributed by atoms with Crippen LogP contribution < -0.4 is 10.2 Å². The van der Waals surface area contributed by atoms with Crippen LogP contribution in [0.15, 0.2) is 57.8 Å². The lowest BCUT2D eigenvalue weighted by atomic mass is 10.1. The number of amidine groups is 1. The quantitative estimate of drug-likeness (QED) is 0.694. The Kier molecular flexibility index (Phi) is 5.79. The highest BCUT2D eigenvalue weighted by Gasteiger charge is 2.30. The molecule has 4 rings (SSSR count). The van der Waals surface area contributed by atoms with E-state index in [0.29, 0.717) is 17.9 Å². The first kappa shape index (κ1) is 21.7. The van der Waals surface area contributed by atoms with E-state index in [9.17, 15) is 22.8 Å². The Morgan fingerprint density at radius 3 is 2.41 bits per heavy atom. The van der Waals surface area contributed by atoms with E-state index < -0.39 is 15.9 Å². The second-order valence-electron chi connectivity index (χ2n) is 7.66. The lowest BCUT2D eigenvalue weighted by molar-refractivity contribution is -0.121. The number of hydrogen-bond donors (Lipinski definition) is 1. The van der Waals surface area contributed by atoms with Crippen molar-refractivity contribution >= 4 is 45.0 Å². The van der Waals surface area contributed by atoms with Gasteiger partial charge in [0.25, 0.3) is 15.9 Å². The smallest absolute Gasteiger partial charge is 0.284 e. The molecule has 0 radical (unpaired) electrons. The van der Waals surface area contributed by atoms with Gasteiger partial charge in [0, 0.05) is 44.1 Å². The molecule has 2 saturated heterocycles. The summed E-state index contributed by atoms with van der Waals surface area (Å²) in [6.07, 6.45) is 1.76. The van der Waals surface area contributed by atoms with Crippen molar-refractivity contribution in [1.29, 1.82) is 0 Å². The maximum Gasteiger partial charge on any atom is 0.284 e. The van der Waals surface area contributed by atoms with Crippen molar-refractivity contribution in [1.82, 2.24) is 4.90 Å². The Hall–Kier alpha value is -3.53. The Morgan fingerprint density at radius 2 is 1.72 bits per heavy atom. The number of hydrogen-bond acceptors (Lipinski definition) is 5. The van der Waals surface area contributed by atoms with Crippen LogP contribution in [0.2, 0.25) is 0 Å². The van der Waals surface area contributed by atoms with Crippen molar-refractivity contribution in [2.45, 2.75) is 30.6 Å². The summed E-state index contributed by atoms with van der Waals surface area (Å²) in [5.41, 5.74) is 0.851. The summed E-state index contributed by atoms with van der Waals surface area (Å²) in [6.45, 7) is 0.762. The van der Waals surface area contributed by atoms with Crippen LogP contribution in [0.25, 0.3) is 0 Å². The van der Waals surface area contributed by atoms with Gasteiger partial charge in [-0.2, -0.15) is 8.42 Å². The SMILES string of the molecule is CN1CCC/C1=N\S(=O)(=O)c1cccc(NC(=O)c2cccc(N3C(=O)CCC3=O)c2)c1. The molecule has 0 unspecified atom stereocenters. The van der Waals surface area contributed by atoms with E-state index in [1.807, 2.05) is 4.90 Å². The van der Waals surface area contributed by atoms with Crippen LogP contribution in [0.3, 0.4) is 0 Å². The number of rotatable bonds is 5. The first-order chi connectivity index (χ1) is 15.2. The minimum Gasteiger partial charge on any atom is -0.362 e. The predicted molar refractivity (Wildman–Crippen MR) is 119 cm³/mol. The van der Waals surface area contributed by atoms with Crippen LogP contribution in [0.5, 0.6) is 0 Å². The van der Waals surface area contributed by atoms with Gasteiger partial charge in [0.15, 0.2) is 0 Å². The van der Waals surface area contributed by atoms with Crippen LogP contribution in [-0.4, -0.2) is 50.5 Å². The van der Waals surface area contributed by atoms with E-state index >= 15 is 0 Å². The number of carbonyl (C=O) groups excluding carboxylic acids is 3. The van der Waals surface area contributed by atoms with Gasteiger partial charge in [-0.15, -0.1) is 4.40 Å². The van der Waals surface area contributed by atoms with Gasteiger partial charge in [-0.1, -0.05) is 12.1 Å². The average molecular weight is 455 g/mol. The Labute approximate surface area is 185 Å². The third kappa shape index (κ3) is 4.40. The van der Waals surface area contributed by atoms with E-state index in [4.69, 9.17) is 0 Å². The van der Waals surface area contributed by atoms with Crippen molar-refractivity contribution in [3.63, 3.8) is 0 Å². The van der Waals surface area contributed by atoms with Crippen LogP contribution >= 0.6 is 0 Å². The van der Waals surface area contributed by atoms with Gasteiger partial charge >= 0.3 is 0 Å². The molecule has 3 amide bonds. The minimum atomic E-state index is -3.92. The van der Waals surface area contributed by atoms with Gasteiger partial charge in [0.2, 0.25) is 11.8 Å².